The molecule has 0 radical (unpaired) electrons. The zero-order chi connectivity index (χ0) is 41.9. The number of aromatic nitrogens is 8. The molecule has 302 valence electrons. The topological polar surface area (TPSA) is 105 Å². The monoisotopic (exact) mass is 806 g/mol. The van der Waals surface area contributed by atoms with E-state index in [1.165, 1.54) is 23.6 Å². The minimum atomic E-state index is -4.55. The van der Waals surface area contributed by atoms with Crippen molar-refractivity contribution in [2.24, 2.45) is 0 Å². The average molecular weight is 807 g/mol. The molecule has 2 atom stereocenters. The maximum Gasteiger partial charge on any atom is 0.434 e. The SMILES string of the molecule is Cc1cn([C@@H](C)C(=O)Cc2cnn(-c3ccc(F)cc3)c2C(C)C)c(C)n1.Cc1nc(C(F)(F)F)cn1[C@@H](C)C(=O)Cc1cnn(-c2ccc(Cl)cc2)c1C(C)C. The van der Waals surface area contributed by atoms with Crippen LogP contribution in [-0.4, -0.2) is 50.2 Å². The van der Waals surface area contributed by atoms with Crippen molar-refractivity contribution in [3.05, 3.63) is 130 Å². The fraction of sp³-hybridized carbons (Fsp3) is 0.381. The van der Waals surface area contributed by atoms with E-state index in [-0.39, 0.29) is 47.5 Å². The second-order valence-electron chi connectivity index (χ2n) is 14.7. The smallest absolute Gasteiger partial charge is 0.325 e. The predicted octanol–water partition coefficient (Wildman–Crippen LogP) is 9.87. The van der Waals surface area contributed by atoms with Gasteiger partial charge in [0.2, 0.25) is 0 Å². The Kier molecular flexibility index (Phi) is 13.1. The number of nitrogens with zero attached hydrogens (tertiary/aromatic N) is 8. The van der Waals surface area contributed by atoms with E-state index in [0.717, 1.165) is 51.6 Å². The molecule has 0 fully saturated rings. The van der Waals surface area contributed by atoms with Crippen LogP contribution < -0.4 is 0 Å². The van der Waals surface area contributed by atoms with Crippen LogP contribution in [-0.2, 0) is 28.6 Å². The Balaban J connectivity index is 0.000000219. The Morgan fingerprint density at radius 3 is 1.47 bits per heavy atom. The molecule has 0 aliphatic carbocycles. The fourth-order valence-corrected chi connectivity index (χ4v) is 7.01. The lowest BCUT2D eigenvalue weighted by atomic mass is 9.99. The minimum Gasteiger partial charge on any atom is -0.325 e. The Morgan fingerprint density at radius 2 is 1.09 bits per heavy atom. The van der Waals surface area contributed by atoms with Crippen molar-refractivity contribution in [1.82, 2.24) is 38.7 Å². The lowest BCUT2D eigenvalue weighted by molar-refractivity contribution is -0.141. The van der Waals surface area contributed by atoms with Crippen LogP contribution in [0, 0.1) is 26.6 Å². The zero-order valence-corrected chi connectivity index (χ0v) is 34.2. The van der Waals surface area contributed by atoms with Gasteiger partial charge in [0.1, 0.15) is 17.5 Å². The highest BCUT2D eigenvalue weighted by molar-refractivity contribution is 6.30. The van der Waals surface area contributed by atoms with Gasteiger partial charge in [0.25, 0.3) is 0 Å². The molecule has 6 rings (SSSR count). The number of aryl methyl sites for hydroxylation is 3. The maximum atomic E-state index is 13.2. The molecule has 15 heteroatoms. The van der Waals surface area contributed by atoms with E-state index in [1.807, 2.05) is 57.5 Å². The average Bonchev–Trinajstić information content (AvgIpc) is 3.93. The molecular weight excluding hydrogens is 760 g/mol. The lowest BCUT2D eigenvalue weighted by Crippen LogP contribution is -2.20. The van der Waals surface area contributed by atoms with Crippen molar-refractivity contribution in [2.45, 2.75) is 105 Å². The largest absolute Gasteiger partial charge is 0.434 e. The second-order valence-corrected chi connectivity index (χ2v) is 15.2. The molecule has 10 nitrogen and oxygen atoms in total. The first-order valence-electron chi connectivity index (χ1n) is 18.6. The number of hydrogen-bond acceptors (Lipinski definition) is 6. The van der Waals surface area contributed by atoms with Crippen LogP contribution in [0.5, 0.6) is 0 Å². The van der Waals surface area contributed by atoms with E-state index in [4.69, 9.17) is 11.6 Å². The van der Waals surface area contributed by atoms with Gasteiger partial charge in [-0.15, -0.1) is 0 Å². The zero-order valence-electron chi connectivity index (χ0n) is 33.4. The minimum absolute atomic E-state index is 0.0568. The second kappa shape index (κ2) is 17.4. The standard InChI is InChI=1S/C21H22ClF3N4O.C21H25FN4O/c1-12(2)20-15(10-26-29(20)17-7-5-16(22)6-8-17)9-18(30)13(3)28-11-19(21(23,24)25)27-14(28)4;1-13(2)21-17(11-23-26(21)19-8-6-18(22)7-9-19)10-20(27)15(4)25-12-14(3)24-16(25)5/h5-8,10-13H,9H2,1-4H3;6-9,11-13,15H,10H2,1-5H3/t13-;15-/m00/s1. The van der Waals surface area contributed by atoms with Crippen molar-refractivity contribution in [2.75, 3.05) is 0 Å². The number of rotatable bonds is 12. The summed E-state index contributed by atoms with van der Waals surface area (Å²) in [6.45, 7) is 16.9. The number of benzene rings is 2. The summed E-state index contributed by atoms with van der Waals surface area (Å²) in [5.74, 6) is 0.828. The van der Waals surface area contributed by atoms with Gasteiger partial charge in [0.15, 0.2) is 17.3 Å². The van der Waals surface area contributed by atoms with E-state index in [1.54, 1.807) is 52.9 Å². The van der Waals surface area contributed by atoms with Crippen molar-refractivity contribution in [1.29, 1.82) is 0 Å². The van der Waals surface area contributed by atoms with Crippen molar-refractivity contribution in [3.63, 3.8) is 0 Å². The van der Waals surface area contributed by atoms with Gasteiger partial charge in [0.05, 0.1) is 52.9 Å². The molecule has 0 unspecified atom stereocenters. The summed E-state index contributed by atoms with van der Waals surface area (Å²) in [5.41, 5.74) is 4.99. The highest BCUT2D eigenvalue weighted by Gasteiger charge is 2.35. The third-order valence-electron chi connectivity index (χ3n) is 9.75. The van der Waals surface area contributed by atoms with Crippen LogP contribution in [0.25, 0.3) is 11.4 Å². The van der Waals surface area contributed by atoms with E-state index in [9.17, 15) is 27.2 Å². The number of alkyl halides is 3. The number of carbonyl (C=O) groups is 2. The van der Waals surface area contributed by atoms with Crippen LogP contribution in [0.1, 0.15) is 111 Å². The van der Waals surface area contributed by atoms with Crippen LogP contribution in [0.4, 0.5) is 17.6 Å². The number of hydrogen-bond donors (Lipinski definition) is 0. The van der Waals surface area contributed by atoms with Gasteiger partial charge in [-0.1, -0.05) is 39.3 Å². The van der Waals surface area contributed by atoms with Crippen LogP contribution in [0.3, 0.4) is 0 Å². The summed E-state index contributed by atoms with van der Waals surface area (Å²) in [7, 11) is 0. The first kappa shape index (κ1) is 42.8. The van der Waals surface area contributed by atoms with E-state index >= 15 is 0 Å². The molecule has 0 saturated heterocycles. The summed E-state index contributed by atoms with van der Waals surface area (Å²) in [4.78, 5) is 33.7. The quantitative estimate of drug-likeness (QED) is 0.114. The van der Waals surface area contributed by atoms with Crippen molar-refractivity contribution >= 4 is 23.2 Å². The maximum absolute atomic E-state index is 13.2. The van der Waals surface area contributed by atoms with Gasteiger partial charge in [-0.05, 0) is 95.0 Å². The van der Waals surface area contributed by atoms with Crippen molar-refractivity contribution < 1.29 is 27.2 Å². The van der Waals surface area contributed by atoms with Gasteiger partial charge in [0, 0.05) is 41.4 Å². The molecule has 0 bridgehead atoms. The molecule has 4 heterocycles. The van der Waals surface area contributed by atoms with Gasteiger partial charge < -0.3 is 9.13 Å². The number of Topliss-reactive ketones (excluding diaryl/α,β-unsaturated/α-hetero) is 2. The lowest BCUT2D eigenvalue weighted by Gasteiger charge is -2.16. The van der Waals surface area contributed by atoms with Crippen LogP contribution >= 0.6 is 11.6 Å². The highest BCUT2D eigenvalue weighted by atomic mass is 35.5. The molecule has 0 spiro atoms. The number of imidazole rings is 2. The molecule has 0 saturated carbocycles. The van der Waals surface area contributed by atoms with Crippen LogP contribution in [0.2, 0.25) is 5.02 Å². The molecule has 0 aliphatic heterocycles. The molecule has 2 aromatic carbocycles. The van der Waals surface area contributed by atoms with Gasteiger partial charge in [-0.3, -0.25) is 9.59 Å². The van der Waals surface area contributed by atoms with E-state index in [0.29, 0.717) is 11.4 Å². The normalized spacial score (nSPS) is 12.8. The highest BCUT2D eigenvalue weighted by Crippen LogP contribution is 2.31. The molecular formula is C42H47ClF4N8O2. The number of carbonyl (C=O) groups excluding carboxylic acids is 2. The first-order valence-corrected chi connectivity index (χ1v) is 19.0. The number of halogens is 5. The first-order chi connectivity index (χ1) is 26.8. The summed E-state index contributed by atoms with van der Waals surface area (Å²) >= 11 is 5.96. The Bertz CT molecular complexity index is 2330. The molecule has 0 N–H and O–H groups in total. The molecule has 6 aromatic rings. The Hall–Kier alpha value is -5.37. The molecule has 0 aliphatic rings. The van der Waals surface area contributed by atoms with Gasteiger partial charge in [-0.2, -0.15) is 23.4 Å². The van der Waals surface area contributed by atoms with E-state index < -0.39 is 17.9 Å². The molecule has 0 amide bonds. The Morgan fingerprint density at radius 1 is 0.667 bits per heavy atom. The third-order valence-corrected chi connectivity index (χ3v) is 10.0. The summed E-state index contributed by atoms with van der Waals surface area (Å²) < 4.78 is 58.8. The summed E-state index contributed by atoms with van der Waals surface area (Å²) in [6.07, 6.45) is 1.98. The summed E-state index contributed by atoms with van der Waals surface area (Å²) in [5, 5.41) is 9.50. The van der Waals surface area contributed by atoms with Gasteiger partial charge in [-0.25, -0.2) is 23.7 Å². The predicted molar refractivity (Wildman–Crippen MR) is 211 cm³/mol. The summed E-state index contributed by atoms with van der Waals surface area (Å²) in [6, 6.07) is 12.3. The van der Waals surface area contributed by atoms with E-state index in [2.05, 4.69) is 34.0 Å². The molecule has 57 heavy (non-hydrogen) atoms. The third kappa shape index (κ3) is 9.78. The number of ketones is 2. The fourth-order valence-electron chi connectivity index (χ4n) is 6.89. The molecule has 4 aromatic heterocycles. The van der Waals surface area contributed by atoms with Crippen molar-refractivity contribution in [3.8, 4) is 11.4 Å². The Labute approximate surface area is 334 Å². The van der Waals surface area contributed by atoms with Crippen LogP contribution in [0.15, 0.2) is 73.3 Å². The van der Waals surface area contributed by atoms with Gasteiger partial charge >= 0.3 is 6.18 Å².